The molecule has 0 aliphatic carbocycles. The maximum atomic E-state index is 12.4. The fraction of sp³-hybridized carbons (Fsp3) is 0.214. The molecule has 2 aromatic carbocycles. The molecule has 2 aromatic heterocycles. The summed E-state index contributed by atoms with van der Waals surface area (Å²) in [4.78, 5) is 31.1. The van der Waals surface area contributed by atoms with Crippen LogP contribution in [0.4, 0.5) is 0 Å². The molecule has 4 aromatic rings. The molecular formula is C28H28N4O6. The highest BCUT2D eigenvalue weighted by atomic mass is 16.6. The number of carbonyl (C=O) groups excluding carboxylic acids is 2. The predicted octanol–water partition coefficient (Wildman–Crippen LogP) is 3.36. The van der Waals surface area contributed by atoms with Crippen LogP contribution < -0.4 is 14.2 Å². The van der Waals surface area contributed by atoms with Crippen LogP contribution in [-0.4, -0.2) is 64.3 Å². The number of pyridine rings is 1. The second kappa shape index (κ2) is 11.7. The summed E-state index contributed by atoms with van der Waals surface area (Å²) in [7, 11) is 4.11. The standard InChI is InChI=1S/C28H26N4O5.H2O/c1-31(2)15-6-7-16-35-21-12-8-11-20(17-21)32-28-25(26(30-32)19-9-4-3-5-10-19)27-22(18-29-28)36-23(33)13-14-24(34)37-27;/h3-5,8-14,17-18H,6-7,15-16H2,1-2H3;1H2/b14-13+;. The highest BCUT2D eigenvalue weighted by Crippen LogP contribution is 2.41. The average Bonchev–Trinajstić information content (AvgIpc) is 3.28. The molecule has 0 atom stereocenters. The van der Waals surface area contributed by atoms with Crippen molar-refractivity contribution in [1.82, 2.24) is 19.7 Å². The second-order valence-corrected chi connectivity index (χ2v) is 8.81. The summed E-state index contributed by atoms with van der Waals surface area (Å²) in [6.07, 6.45) is 5.40. The van der Waals surface area contributed by atoms with Crippen molar-refractivity contribution < 1.29 is 29.3 Å². The van der Waals surface area contributed by atoms with Crippen LogP contribution in [0.15, 0.2) is 72.9 Å². The van der Waals surface area contributed by atoms with Crippen LogP contribution in [0.1, 0.15) is 12.8 Å². The van der Waals surface area contributed by atoms with E-state index in [0.717, 1.165) is 42.8 Å². The summed E-state index contributed by atoms with van der Waals surface area (Å²) < 4.78 is 18.6. The van der Waals surface area contributed by atoms with Gasteiger partial charge in [0.25, 0.3) is 0 Å². The van der Waals surface area contributed by atoms with Crippen molar-refractivity contribution >= 4 is 23.0 Å². The molecule has 196 valence electrons. The molecule has 0 saturated carbocycles. The number of aromatic nitrogens is 3. The highest BCUT2D eigenvalue weighted by Gasteiger charge is 2.26. The molecule has 10 nitrogen and oxygen atoms in total. The lowest BCUT2D eigenvalue weighted by molar-refractivity contribution is -0.133. The molecule has 1 aliphatic heterocycles. The molecule has 3 heterocycles. The van der Waals surface area contributed by atoms with Crippen LogP contribution >= 0.6 is 0 Å². The Labute approximate surface area is 219 Å². The number of rotatable bonds is 8. The molecule has 0 spiro atoms. The smallest absolute Gasteiger partial charge is 0.336 e. The van der Waals surface area contributed by atoms with E-state index in [-0.39, 0.29) is 17.0 Å². The third-order valence-electron chi connectivity index (χ3n) is 5.76. The number of hydrogen-bond acceptors (Lipinski definition) is 8. The van der Waals surface area contributed by atoms with Gasteiger partial charge < -0.3 is 24.6 Å². The predicted molar refractivity (Wildman–Crippen MR) is 142 cm³/mol. The lowest BCUT2D eigenvalue weighted by atomic mass is 10.1. The molecule has 0 radical (unpaired) electrons. The van der Waals surface area contributed by atoms with Crippen molar-refractivity contribution in [2.24, 2.45) is 0 Å². The van der Waals surface area contributed by atoms with Gasteiger partial charge in [0, 0.05) is 23.8 Å². The molecule has 2 N–H and O–H groups in total. The quantitative estimate of drug-likeness (QED) is 0.258. The van der Waals surface area contributed by atoms with Gasteiger partial charge in [-0.2, -0.15) is 5.10 Å². The maximum absolute atomic E-state index is 12.4. The zero-order valence-electron chi connectivity index (χ0n) is 21.1. The van der Waals surface area contributed by atoms with Gasteiger partial charge in [-0.3, -0.25) is 0 Å². The van der Waals surface area contributed by atoms with Crippen molar-refractivity contribution in [3.8, 4) is 34.2 Å². The molecule has 0 amide bonds. The van der Waals surface area contributed by atoms with Crippen molar-refractivity contribution in [3.05, 3.63) is 72.9 Å². The molecule has 0 fully saturated rings. The molecular weight excluding hydrogens is 488 g/mol. The zero-order valence-corrected chi connectivity index (χ0v) is 21.1. The normalized spacial score (nSPS) is 13.7. The lowest BCUT2D eigenvalue weighted by Crippen LogP contribution is -2.14. The van der Waals surface area contributed by atoms with E-state index < -0.39 is 11.9 Å². The largest absolute Gasteiger partial charge is 0.494 e. The molecule has 38 heavy (non-hydrogen) atoms. The van der Waals surface area contributed by atoms with Crippen LogP contribution in [0, 0.1) is 0 Å². The Morgan fingerprint density at radius 2 is 1.71 bits per heavy atom. The van der Waals surface area contributed by atoms with E-state index in [1.165, 1.54) is 6.20 Å². The molecule has 0 unspecified atom stereocenters. The molecule has 0 bridgehead atoms. The van der Waals surface area contributed by atoms with E-state index in [9.17, 15) is 9.59 Å². The van der Waals surface area contributed by atoms with Gasteiger partial charge in [0.15, 0.2) is 17.1 Å². The summed E-state index contributed by atoms with van der Waals surface area (Å²) in [6, 6.07) is 17.0. The Hall–Kier alpha value is -4.54. The van der Waals surface area contributed by atoms with Gasteiger partial charge in [-0.15, -0.1) is 0 Å². The third-order valence-corrected chi connectivity index (χ3v) is 5.76. The first-order valence-electron chi connectivity index (χ1n) is 12.0. The Bertz CT molecular complexity index is 1480. The van der Waals surface area contributed by atoms with Gasteiger partial charge in [-0.05, 0) is 45.6 Å². The first-order valence-corrected chi connectivity index (χ1v) is 12.0. The number of unbranched alkanes of at least 4 members (excludes halogenated alkanes) is 1. The van der Waals surface area contributed by atoms with Crippen LogP contribution in [0.25, 0.3) is 28.0 Å². The van der Waals surface area contributed by atoms with Crippen molar-refractivity contribution in [2.45, 2.75) is 12.8 Å². The summed E-state index contributed by atoms with van der Waals surface area (Å²) in [5.74, 6) is -0.540. The van der Waals surface area contributed by atoms with E-state index in [0.29, 0.717) is 29.1 Å². The van der Waals surface area contributed by atoms with Crippen molar-refractivity contribution in [2.75, 3.05) is 27.2 Å². The number of carbonyl (C=O) groups is 2. The first kappa shape index (κ1) is 26.5. The van der Waals surface area contributed by atoms with Gasteiger partial charge in [0.2, 0.25) is 0 Å². The lowest BCUT2D eigenvalue weighted by Gasteiger charge is -2.12. The number of ether oxygens (including phenoxy) is 3. The van der Waals surface area contributed by atoms with E-state index in [4.69, 9.17) is 19.3 Å². The number of nitrogens with zero attached hydrogens (tertiary/aromatic N) is 4. The Morgan fingerprint density at radius 3 is 2.47 bits per heavy atom. The minimum atomic E-state index is -0.693. The Kier molecular flexibility index (Phi) is 8.15. The average molecular weight is 517 g/mol. The minimum Gasteiger partial charge on any atom is -0.494 e. The van der Waals surface area contributed by atoms with Crippen LogP contribution in [-0.2, 0) is 9.59 Å². The van der Waals surface area contributed by atoms with Crippen molar-refractivity contribution in [3.63, 3.8) is 0 Å². The van der Waals surface area contributed by atoms with E-state index in [1.54, 1.807) is 4.68 Å². The zero-order chi connectivity index (χ0) is 25.8. The monoisotopic (exact) mass is 516 g/mol. The van der Waals surface area contributed by atoms with E-state index in [1.807, 2.05) is 54.6 Å². The molecule has 5 rings (SSSR count). The van der Waals surface area contributed by atoms with Gasteiger partial charge >= 0.3 is 11.9 Å². The number of esters is 2. The SMILES string of the molecule is CN(C)CCCCOc1cccc(-n2nc(-c3ccccc3)c3c4c(cnc32)OC(=O)/C=C/C(=O)O4)c1.O. The number of hydrogen-bond donors (Lipinski definition) is 0. The highest BCUT2D eigenvalue weighted by molar-refractivity contribution is 6.03. The third kappa shape index (κ3) is 5.72. The number of fused-ring (bicyclic) bond motifs is 3. The summed E-state index contributed by atoms with van der Waals surface area (Å²) >= 11 is 0. The van der Waals surface area contributed by atoms with E-state index >= 15 is 0 Å². The van der Waals surface area contributed by atoms with Crippen LogP contribution in [0.2, 0.25) is 0 Å². The van der Waals surface area contributed by atoms with E-state index in [2.05, 4.69) is 24.0 Å². The molecule has 10 heteroatoms. The fourth-order valence-electron chi connectivity index (χ4n) is 4.03. The summed E-state index contributed by atoms with van der Waals surface area (Å²) in [5.41, 5.74) is 2.48. The minimum absolute atomic E-state index is 0. The molecule has 0 saturated heterocycles. The first-order chi connectivity index (χ1) is 18.0. The van der Waals surface area contributed by atoms with Gasteiger partial charge in [0.1, 0.15) is 11.4 Å². The van der Waals surface area contributed by atoms with Gasteiger partial charge in [-0.1, -0.05) is 36.4 Å². The van der Waals surface area contributed by atoms with Crippen LogP contribution in [0.5, 0.6) is 17.2 Å². The maximum Gasteiger partial charge on any atom is 0.336 e. The van der Waals surface area contributed by atoms with Gasteiger partial charge in [-0.25, -0.2) is 19.3 Å². The van der Waals surface area contributed by atoms with Gasteiger partial charge in [0.05, 0.1) is 23.9 Å². The van der Waals surface area contributed by atoms with Crippen molar-refractivity contribution in [1.29, 1.82) is 0 Å². The summed E-state index contributed by atoms with van der Waals surface area (Å²) in [5, 5.41) is 5.30. The van der Waals surface area contributed by atoms with Crippen LogP contribution in [0.3, 0.4) is 0 Å². The Morgan fingerprint density at radius 1 is 0.947 bits per heavy atom. The summed E-state index contributed by atoms with van der Waals surface area (Å²) in [6.45, 7) is 1.61. The second-order valence-electron chi connectivity index (χ2n) is 8.81. The molecule has 1 aliphatic rings. The number of benzene rings is 2. The topological polar surface area (TPSA) is 127 Å². The Balaban J connectivity index is 0.00000336. The fourth-order valence-corrected chi connectivity index (χ4v) is 4.03.